The Morgan fingerprint density at radius 3 is 2.61 bits per heavy atom. The van der Waals surface area contributed by atoms with Crippen LogP contribution < -0.4 is 9.46 Å². The lowest BCUT2D eigenvalue weighted by atomic mass is 10.1. The quantitative estimate of drug-likeness (QED) is 0.824. The molecule has 0 saturated carbocycles. The van der Waals surface area contributed by atoms with Gasteiger partial charge >= 0.3 is 0 Å². The van der Waals surface area contributed by atoms with Crippen molar-refractivity contribution in [1.29, 1.82) is 0 Å². The summed E-state index contributed by atoms with van der Waals surface area (Å²) in [6, 6.07) is 7.50. The zero-order valence-corrected chi connectivity index (χ0v) is 12.0. The van der Waals surface area contributed by atoms with Gasteiger partial charge in [0.25, 0.3) is 0 Å². The van der Waals surface area contributed by atoms with Crippen LogP contribution in [-0.4, -0.2) is 27.3 Å². The normalized spacial score (nSPS) is 13.3. The largest absolute Gasteiger partial charge is 0.496 e. The maximum atomic E-state index is 11.6. The van der Waals surface area contributed by atoms with Crippen molar-refractivity contribution in [1.82, 2.24) is 4.72 Å². The minimum Gasteiger partial charge on any atom is -0.496 e. The number of ether oxygens (including phenoxy) is 1. The lowest BCUT2D eigenvalue weighted by Crippen LogP contribution is -2.35. The minimum absolute atomic E-state index is 0.141. The van der Waals surface area contributed by atoms with Crippen molar-refractivity contribution in [3.8, 4) is 5.75 Å². The highest BCUT2D eigenvalue weighted by molar-refractivity contribution is 7.89. The first-order chi connectivity index (χ1) is 8.48. The molecule has 0 aliphatic carbocycles. The number of rotatable bonds is 7. The summed E-state index contributed by atoms with van der Waals surface area (Å²) < 4.78 is 31.2. The van der Waals surface area contributed by atoms with Crippen molar-refractivity contribution in [3.63, 3.8) is 0 Å². The molecule has 4 nitrogen and oxygen atoms in total. The zero-order chi connectivity index (χ0) is 13.6. The van der Waals surface area contributed by atoms with Crippen LogP contribution in [0.4, 0.5) is 0 Å². The van der Waals surface area contributed by atoms with Gasteiger partial charge in [0, 0.05) is 6.04 Å². The Bertz CT molecular complexity index is 471. The standard InChI is InChI=1S/C13H21NO3S/c1-4-9-18(15,16)14-11(2)10-12-7-5-6-8-13(12)17-3/h5-8,11,14H,4,9-10H2,1-3H3/t11-/m0/s1. The van der Waals surface area contributed by atoms with Crippen LogP contribution in [0.25, 0.3) is 0 Å². The molecule has 0 fully saturated rings. The fourth-order valence-electron chi connectivity index (χ4n) is 1.88. The minimum atomic E-state index is -3.16. The molecule has 0 bridgehead atoms. The van der Waals surface area contributed by atoms with Gasteiger partial charge < -0.3 is 4.74 Å². The molecule has 1 rings (SSSR count). The maximum absolute atomic E-state index is 11.6. The summed E-state index contributed by atoms with van der Waals surface area (Å²) in [4.78, 5) is 0. The second-order valence-electron chi connectivity index (χ2n) is 4.35. The zero-order valence-electron chi connectivity index (χ0n) is 11.1. The Balaban J connectivity index is 2.67. The monoisotopic (exact) mass is 271 g/mol. The Kier molecular flexibility index (Phi) is 5.62. The highest BCUT2D eigenvalue weighted by Gasteiger charge is 2.15. The van der Waals surface area contributed by atoms with E-state index in [1.54, 1.807) is 7.11 Å². The average Bonchev–Trinajstić information content (AvgIpc) is 2.28. The Hall–Kier alpha value is -1.07. The first-order valence-corrected chi connectivity index (χ1v) is 7.75. The molecule has 0 radical (unpaired) electrons. The fraction of sp³-hybridized carbons (Fsp3) is 0.538. The third-order valence-corrected chi connectivity index (χ3v) is 4.28. The molecule has 0 spiro atoms. The highest BCUT2D eigenvalue weighted by atomic mass is 32.2. The fourth-order valence-corrected chi connectivity index (χ4v) is 3.23. The molecule has 5 heteroatoms. The smallest absolute Gasteiger partial charge is 0.211 e. The van der Waals surface area contributed by atoms with Crippen LogP contribution in [0.2, 0.25) is 0 Å². The van der Waals surface area contributed by atoms with E-state index >= 15 is 0 Å². The first kappa shape index (κ1) is 15.0. The predicted octanol–water partition coefficient (Wildman–Crippen LogP) is 1.96. The molecule has 0 saturated heterocycles. The van der Waals surface area contributed by atoms with E-state index in [4.69, 9.17) is 4.74 Å². The summed E-state index contributed by atoms with van der Waals surface area (Å²) in [5.74, 6) is 0.961. The molecular weight excluding hydrogens is 250 g/mol. The summed E-state index contributed by atoms with van der Waals surface area (Å²) in [6.07, 6.45) is 1.24. The molecule has 0 amide bonds. The van der Waals surface area contributed by atoms with Gasteiger partial charge in [-0.2, -0.15) is 0 Å². The number of nitrogens with one attached hydrogen (secondary N) is 1. The van der Waals surface area contributed by atoms with E-state index in [0.29, 0.717) is 12.8 Å². The van der Waals surface area contributed by atoms with Crippen LogP contribution in [0, 0.1) is 0 Å². The SMILES string of the molecule is CCCS(=O)(=O)N[C@@H](C)Cc1ccccc1OC. The summed E-state index contributed by atoms with van der Waals surface area (Å²) >= 11 is 0. The van der Waals surface area contributed by atoms with Crippen LogP contribution in [0.3, 0.4) is 0 Å². The van der Waals surface area contributed by atoms with E-state index < -0.39 is 10.0 Å². The topological polar surface area (TPSA) is 55.4 Å². The second-order valence-corrected chi connectivity index (χ2v) is 6.23. The number of sulfonamides is 1. The summed E-state index contributed by atoms with van der Waals surface area (Å²) in [5.41, 5.74) is 1.01. The Morgan fingerprint density at radius 1 is 1.33 bits per heavy atom. The van der Waals surface area contributed by atoms with Crippen molar-refractivity contribution in [2.75, 3.05) is 12.9 Å². The highest BCUT2D eigenvalue weighted by Crippen LogP contribution is 2.18. The molecule has 0 heterocycles. The van der Waals surface area contributed by atoms with E-state index in [-0.39, 0.29) is 11.8 Å². The van der Waals surface area contributed by atoms with Gasteiger partial charge in [0.15, 0.2) is 0 Å². The lowest BCUT2D eigenvalue weighted by Gasteiger charge is -2.15. The van der Waals surface area contributed by atoms with Gasteiger partial charge in [0.1, 0.15) is 5.75 Å². The molecule has 0 aliphatic rings. The van der Waals surface area contributed by atoms with Gasteiger partial charge in [0.05, 0.1) is 12.9 Å². The van der Waals surface area contributed by atoms with E-state index in [1.807, 2.05) is 38.1 Å². The van der Waals surface area contributed by atoms with Crippen LogP contribution >= 0.6 is 0 Å². The Morgan fingerprint density at radius 2 is 2.00 bits per heavy atom. The third kappa shape index (κ3) is 4.66. The number of methoxy groups -OCH3 is 1. The van der Waals surface area contributed by atoms with Crippen molar-refractivity contribution >= 4 is 10.0 Å². The van der Waals surface area contributed by atoms with E-state index in [9.17, 15) is 8.42 Å². The average molecular weight is 271 g/mol. The van der Waals surface area contributed by atoms with Crippen molar-refractivity contribution in [3.05, 3.63) is 29.8 Å². The first-order valence-electron chi connectivity index (χ1n) is 6.10. The number of hydrogen-bond acceptors (Lipinski definition) is 3. The van der Waals surface area contributed by atoms with Crippen molar-refractivity contribution < 1.29 is 13.2 Å². The molecular formula is C13H21NO3S. The van der Waals surface area contributed by atoms with Gasteiger partial charge in [-0.3, -0.25) is 0 Å². The summed E-state index contributed by atoms with van der Waals surface area (Å²) in [6.45, 7) is 3.71. The van der Waals surface area contributed by atoms with Gasteiger partial charge in [-0.25, -0.2) is 13.1 Å². The molecule has 0 unspecified atom stereocenters. The van der Waals surface area contributed by atoms with Crippen molar-refractivity contribution in [2.45, 2.75) is 32.7 Å². The van der Waals surface area contributed by atoms with Gasteiger partial charge in [0.2, 0.25) is 10.0 Å². The summed E-state index contributed by atoms with van der Waals surface area (Å²) in [5, 5.41) is 0. The van der Waals surface area contributed by atoms with Crippen LogP contribution in [0.15, 0.2) is 24.3 Å². The van der Waals surface area contributed by atoms with E-state index in [0.717, 1.165) is 11.3 Å². The second kappa shape index (κ2) is 6.75. The lowest BCUT2D eigenvalue weighted by molar-refractivity contribution is 0.407. The van der Waals surface area contributed by atoms with Crippen molar-refractivity contribution in [2.24, 2.45) is 0 Å². The number of benzene rings is 1. The van der Waals surface area contributed by atoms with Crippen LogP contribution in [0.1, 0.15) is 25.8 Å². The molecule has 0 aliphatic heterocycles. The summed E-state index contributed by atoms with van der Waals surface area (Å²) in [7, 11) is -1.55. The van der Waals surface area contributed by atoms with Gasteiger partial charge in [-0.05, 0) is 31.4 Å². The molecule has 1 aromatic carbocycles. The van der Waals surface area contributed by atoms with Crippen LogP contribution in [-0.2, 0) is 16.4 Å². The van der Waals surface area contributed by atoms with Crippen LogP contribution in [0.5, 0.6) is 5.75 Å². The molecule has 102 valence electrons. The number of para-hydroxylation sites is 1. The van der Waals surface area contributed by atoms with Gasteiger partial charge in [-0.1, -0.05) is 25.1 Å². The number of hydrogen-bond donors (Lipinski definition) is 1. The molecule has 0 aromatic heterocycles. The van der Waals surface area contributed by atoms with E-state index in [2.05, 4.69) is 4.72 Å². The molecule has 18 heavy (non-hydrogen) atoms. The Labute approximate surface area is 109 Å². The third-order valence-electron chi connectivity index (χ3n) is 2.57. The van der Waals surface area contributed by atoms with E-state index in [1.165, 1.54) is 0 Å². The molecule has 1 atom stereocenters. The maximum Gasteiger partial charge on any atom is 0.211 e. The molecule has 1 N–H and O–H groups in total. The molecule has 1 aromatic rings. The predicted molar refractivity (Wildman–Crippen MR) is 73.4 cm³/mol. The van der Waals surface area contributed by atoms with Gasteiger partial charge in [-0.15, -0.1) is 0 Å².